The van der Waals surface area contributed by atoms with E-state index in [1.807, 2.05) is 25.6 Å². The summed E-state index contributed by atoms with van der Waals surface area (Å²) in [6, 6.07) is -4.14. The maximum atomic E-state index is 13.5. The van der Waals surface area contributed by atoms with Crippen LogP contribution in [0.15, 0.2) is 17.1 Å². The summed E-state index contributed by atoms with van der Waals surface area (Å²) in [5, 5.41) is 26.6. The van der Waals surface area contributed by atoms with Crippen molar-refractivity contribution in [2.24, 2.45) is 21.9 Å². The first-order valence-corrected chi connectivity index (χ1v) is 21.4. The molecule has 0 aromatic heterocycles. The van der Waals surface area contributed by atoms with Crippen molar-refractivity contribution in [3.8, 4) is 0 Å². The number of rotatable bonds is 24. The third kappa shape index (κ3) is 15.2. The van der Waals surface area contributed by atoms with E-state index in [-0.39, 0.29) is 67.6 Å². The van der Waals surface area contributed by atoms with Crippen molar-refractivity contribution in [2.45, 2.75) is 146 Å². The number of urea groups is 1. The van der Waals surface area contributed by atoms with Crippen LogP contribution in [0.1, 0.15) is 99.3 Å². The van der Waals surface area contributed by atoms with Gasteiger partial charge in [-0.15, -0.1) is 0 Å². The minimum absolute atomic E-state index is 0.0139. The van der Waals surface area contributed by atoms with Gasteiger partial charge in [0.2, 0.25) is 29.5 Å². The van der Waals surface area contributed by atoms with Crippen molar-refractivity contribution >= 4 is 59.3 Å². The number of fused-ring (bicyclic) bond motifs is 1. The van der Waals surface area contributed by atoms with E-state index in [2.05, 4.69) is 43.5 Å². The van der Waals surface area contributed by atoms with Crippen molar-refractivity contribution < 1.29 is 43.4 Å². The van der Waals surface area contributed by atoms with Gasteiger partial charge in [0.05, 0.1) is 17.7 Å². The minimum atomic E-state index is -1.44. The number of nitrogens with two attached hydrogens (primary N) is 2. The molecular weight excluding hydrogens is 785 g/mol. The zero-order valence-electron chi connectivity index (χ0n) is 35.3. The van der Waals surface area contributed by atoms with E-state index >= 15 is 0 Å². The van der Waals surface area contributed by atoms with E-state index in [0.29, 0.717) is 43.9 Å². The van der Waals surface area contributed by atoms with E-state index < -0.39 is 58.9 Å². The highest BCUT2D eigenvalue weighted by Gasteiger charge is 2.43. The van der Waals surface area contributed by atoms with Crippen LogP contribution in [0.5, 0.6) is 0 Å². The second kappa shape index (κ2) is 22.1. The number of hydrogen-bond donors (Lipinski definition) is 9. The van der Waals surface area contributed by atoms with Crippen LogP contribution in [-0.4, -0.2) is 137 Å². The Morgan fingerprint density at radius 3 is 2.41 bits per heavy atom. The molecule has 3 heterocycles. The Morgan fingerprint density at radius 1 is 1.02 bits per heavy atom. The zero-order valence-corrected chi connectivity index (χ0v) is 36.1. The molecule has 3 fully saturated rings. The Hall–Kier alpha value is -4.59. The molecule has 59 heavy (non-hydrogen) atoms. The number of carbonyl (C=O) groups excluding carboxylic acids is 6. The number of aliphatic carboxylic acids is 1. The molecule has 7 amide bonds. The van der Waals surface area contributed by atoms with Gasteiger partial charge >= 0.3 is 12.0 Å². The Morgan fingerprint density at radius 2 is 1.73 bits per heavy atom. The Bertz CT molecular complexity index is 1590. The van der Waals surface area contributed by atoms with Crippen LogP contribution in [0.3, 0.4) is 0 Å². The number of hydrogen-bond acceptors (Lipinski definition) is 10. The molecule has 0 saturated carbocycles. The largest absolute Gasteiger partial charge is 0.479 e. The lowest BCUT2D eigenvalue weighted by Gasteiger charge is -2.31. The number of aliphatic imine (C=N–C) groups is 1. The summed E-state index contributed by atoms with van der Waals surface area (Å²) in [5.74, 6) is -2.76. The lowest BCUT2D eigenvalue weighted by molar-refractivity contribution is -0.143. The number of carbonyl (C=O) groups is 7. The molecule has 0 radical (unpaired) electrons. The predicted molar refractivity (Wildman–Crippen MR) is 224 cm³/mol. The van der Waals surface area contributed by atoms with Crippen molar-refractivity contribution in [2.75, 3.05) is 32.0 Å². The highest BCUT2D eigenvalue weighted by Crippen LogP contribution is 2.33. The number of carboxylic acid groups (broad SMARTS) is 1. The summed E-state index contributed by atoms with van der Waals surface area (Å²) < 4.78 is 6.12. The first kappa shape index (κ1) is 48.8. The molecular formula is C39H66N10O9S. The number of unbranched alkanes of at least 4 members (excludes halogenated alkanes) is 1. The van der Waals surface area contributed by atoms with Crippen molar-refractivity contribution in [1.82, 2.24) is 36.8 Å². The second-order valence-corrected chi connectivity index (χ2v) is 18.1. The molecule has 0 bridgehead atoms. The molecule has 11 N–H and O–H groups in total. The lowest BCUT2D eigenvalue weighted by atomic mass is 9.88. The first-order valence-electron chi connectivity index (χ1n) is 20.4. The van der Waals surface area contributed by atoms with Gasteiger partial charge in [0.1, 0.15) is 24.2 Å². The van der Waals surface area contributed by atoms with Crippen LogP contribution in [0, 0.1) is 5.41 Å². The molecule has 332 valence electrons. The first-order chi connectivity index (χ1) is 27.6. The summed E-state index contributed by atoms with van der Waals surface area (Å²) in [6.07, 6.45) is 4.98. The summed E-state index contributed by atoms with van der Waals surface area (Å²) in [7, 11) is 0. The van der Waals surface area contributed by atoms with Crippen LogP contribution in [0.25, 0.3) is 0 Å². The number of carboxylic acids is 1. The summed E-state index contributed by atoms with van der Waals surface area (Å²) >= 11 is 1.87. The maximum Gasteiger partial charge on any atom is 0.330 e. The van der Waals surface area contributed by atoms with Gasteiger partial charge in [-0.1, -0.05) is 26.8 Å². The molecule has 19 nitrogen and oxygen atoms in total. The molecule has 0 aromatic carbocycles. The average Bonchev–Trinajstić information content (AvgIpc) is 3.88. The summed E-state index contributed by atoms with van der Waals surface area (Å²) in [5.41, 5.74) is 9.30. The summed E-state index contributed by atoms with van der Waals surface area (Å²) in [6.45, 7) is 15.1. The molecule has 0 spiro atoms. The fourth-order valence-corrected chi connectivity index (χ4v) is 8.64. The smallest absolute Gasteiger partial charge is 0.330 e. The number of likely N-dealkylation sites (tertiary alicyclic amines) is 1. The minimum Gasteiger partial charge on any atom is -0.479 e. The quantitative estimate of drug-likeness (QED) is 0.0207. The van der Waals surface area contributed by atoms with Crippen LogP contribution in [0.4, 0.5) is 4.79 Å². The van der Waals surface area contributed by atoms with Gasteiger partial charge in [-0.2, -0.15) is 11.8 Å². The Kier molecular flexibility index (Phi) is 18.3. The lowest BCUT2D eigenvalue weighted by Crippen LogP contribution is -2.57. The third-order valence-electron chi connectivity index (χ3n) is 10.9. The Balaban J connectivity index is 1.37. The molecule has 0 unspecified atom stereocenters. The van der Waals surface area contributed by atoms with E-state index in [1.54, 1.807) is 20.8 Å². The molecule has 3 rings (SSSR count). The molecule has 3 aliphatic rings. The molecule has 0 aromatic rings. The van der Waals surface area contributed by atoms with Gasteiger partial charge in [0, 0.05) is 49.1 Å². The second-order valence-electron chi connectivity index (χ2n) is 16.8. The van der Waals surface area contributed by atoms with Crippen molar-refractivity contribution in [1.29, 1.82) is 0 Å². The van der Waals surface area contributed by atoms with Crippen LogP contribution in [0.2, 0.25) is 0 Å². The van der Waals surface area contributed by atoms with Crippen LogP contribution >= 0.6 is 11.8 Å². The van der Waals surface area contributed by atoms with Crippen LogP contribution < -0.4 is 43.4 Å². The third-order valence-corrected chi connectivity index (χ3v) is 12.5. The molecule has 3 aliphatic heterocycles. The molecule has 7 atom stereocenters. The topological polar surface area (TPSA) is 289 Å². The average molecular weight is 851 g/mol. The number of ether oxygens (including phenoxy) is 1. The van der Waals surface area contributed by atoms with E-state index in [1.165, 1.54) is 11.8 Å². The SMILES string of the molecule is C=C(CCN=C(N)N)[C@H](NC(=O)[C@H](C)NC(=O)[C@@H]1CCCN1C(=O)[C@H](C)NC(=O)C(C)(C)CCOC(C)(C)CCNC(=O)CCCC[C@@H]1SC[C@@H]2NC(=O)N[C@@H]21)C(=O)O. The highest BCUT2D eigenvalue weighted by molar-refractivity contribution is 8.00. The highest BCUT2D eigenvalue weighted by atomic mass is 32.2. The normalized spacial score (nSPS) is 21.5. The standard InChI is InChI=1S/C39H66N10O9S/c1-22(14-17-43-36(40)41)29(34(54)55)47-31(51)23(2)44-32(52)26-11-10-19-49(26)33(53)24(3)45-35(56)38(4,5)16-20-58-39(6,7)15-18-42-28(50)13-9-8-12-27-30-25(21-59-27)46-37(57)48-30/h23-27,29-30H,1,8-21H2,2-7H3,(H,42,50)(H,44,52)(H,45,56)(H,47,51)(H,54,55)(H4,40,41,43)(H2,46,48,57)/t23-,24-,25-,26-,27-,29-,30-/m0/s1. The number of nitrogens with zero attached hydrogens (tertiary/aromatic N) is 2. The molecule has 0 aliphatic carbocycles. The number of amides is 7. The van der Waals surface area contributed by atoms with E-state index in [9.17, 15) is 38.7 Å². The van der Waals surface area contributed by atoms with E-state index in [0.717, 1.165) is 25.0 Å². The zero-order chi connectivity index (χ0) is 44.1. The van der Waals surface area contributed by atoms with Crippen molar-refractivity contribution in [3.05, 3.63) is 12.2 Å². The fourth-order valence-electron chi connectivity index (χ4n) is 7.09. The molecule has 3 saturated heterocycles. The predicted octanol–water partition coefficient (Wildman–Crippen LogP) is 0.220. The van der Waals surface area contributed by atoms with Gasteiger partial charge in [0.25, 0.3) is 0 Å². The van der Waals surface area contributed by atoms with Gasteiger partial charge in [-0.05, 0) is 78.2 Å². The number of guanidine groups is 1. The maximum absolute atomic E-state index is 13.5. The van der Waals surface area contributed by atoms with Crippen LogP contribution in [-0.2, 0) is 33.5 Å². The van der Waals surface area contributed by atoms with Gasteiger partial charge < -0.3 is 58.1 Å². The summed E-state index contributed by atoms with van der Waals surface area (Å²) in [4.78, 5) is 94.1. The number of thioether (sulfide) groups is 1. The van der Waals surface area contributed by atoms with Gasteiger partial charge in [-0.3, -0.25) is 29.0 Å². The van der Waals surface area contributed by atoms with E-state index in [4.69, 9.17) is 16.2 Å². The van der Waals surface area contributed by atoms with Crippen molar-refractivity contribution in [3.63, 3.8) is 0 Å². The van der Waals surface area contributed by atoms with Gasteiger partial charge in [-0.25, -0.2) is 9.59 Å². The monoisotopic (exact) mass is 850 g/mol. The fraction of sp³-hybridized carbons (Fsp3) is 0.744. The number of nitrogens with one attached hydrogen (secondary N) is 6. The molecule has 20 heteroatoms. The van der Waals surface area contributed by atoms with Gasteiger partial charge in [0.15, 0.2) is 5.96 Å². The Labute approximate surface area is 351 Å².